The number of halogens is 1. The molecule has 212 valence electrons. The Morgan fingerprint density at radius 1 is 1.05 bits per heavy atom. The number of ether oxygens (including phenoxy) is 1. The molecule has 1 N–H and O–H groups in total. The summed E-state index contributed by atoms with van der Waals surface area (Å²) in [6.07, 6.45) is 1.03. The van der Waals surface area contributed by atoms with Crippen molar-refractivity contribution in [1.29, 1.82) is 0 Å². The molecule has 0 aromatic heterocycles. The van der Waals surface area contributed by atoms with E-state index >= 15 is 0 Å². The van der Waals surface area contributed by atoms with Gasteiger partial charge >= 0.3 is 0 Å². The lowest BCUT2D eigenvalue weighted by atomic mass is 10.0. The number of anilines is 1. The van der Waals surface area contributed by atoms with E-state index in [0.717, 1.165) is 22.2 Å². The molecule has 0 aliphatic heterocycles. The van der Waals surface area contributed by atoms with Crippen LogP contribution in [-0.2, 0) is 32.6 Å². The summed E-state index contributed by atoms with van der Waals surface area (Å²) in [6.45, 7) is -0.781. The molecule has 0 aliphatic rings. The highest BCUT2D eigenvalue weighted by molar-refractivity contribution is 7.92. The smallest absolute Gasteiger partial charge is 0.271 e. The average molecular weight is 589 g/mol. The van der Waals surface area contributed by atoms with Gasteiger partial charge in [-0.15, -0.1) is 0 Å². The maximum absolute atomic E-state index is 14.0. The van der Waals surface area contributed by atoms with Gasteiger partial charge in [-0.25, -0.2) is 8.42 Å². The number of amides is 2. The number of benzene rings is 3. The van der Waals surface area contributed by atoms with E-state index in [9.17, 15) is 28.1 Å². The van der Waals surface area contributed by atoms with Gasteiger partial charge in [0.05, 0.1) is 18.3 Å². The zero-order chi connectivity index (χ0) is 29.4. The zero-order valence-electron chi connectivity index (χ0n) is 22.1. The van der Waals surface area contributed by atoms with E-state index in [0.29, 0.717) is 10.6 Å². The number of methoxy groups -OCH3 is 1. The molecule has 11 nitrogen and oxygen atoms in total. The summed E-state index contributed by atoms with van der Waals surface area (Å²) < 4.78 is 31.8. The third kappa shape index (κ3) is 7.70. The Bertz CT molecular complexity index is 1470. The van der Waals surface area contributed by atoms with Crippen LogP contribution in [-0.4, -0.2) is 63.1 Å². The van der Waals surface area contributed by atoms with Crippen molar-refractivity contribution in [3.05, 3.63) is 99.1 Å². The maximum atomic E-state index is 14.0. The monoisotopic (exact) mass is 588 g/mol. The maximum Gasteiger partial charge on any atom is 0.271 e. The molecule has 2 amide bonds. The van der Waals surface area contributed by atoms with Crippen molar-refractivity contribution < 1.29 is 27.7 Å². The van der Waals surface area contributed by atoms with Crippen molar-refractivity contribution in [1.82, 2.24) is 10.2 Å². The average Bonchev–Trinajstić information content (AvgIpc) is 2.93. The largest absolute Gasteiger partial charge is 0.495 e. The van der Waals surface area contributed by atoms with Crippen molar-refractivity contribution in [3.8, 4) is 5.75 Å². The van der Waals surface area contributed by atoms with Crippen LogP contribution in [0.4, 0.5) is 11.4 Å². The fraction of sp³-hybridized carbons (Fsp3) is 0.259. The molecule has 3 aromatic rings. The van der Waals surface area contributed by atoms with Gasteiger partial charge in [0, 0.05) is 37.2 Å². The third-order valence-electron chi connectivity index (χ3n) is 6.10. The first-order chi connectivity index (χ1) is 18.9. The molecule has 0 saturated carbocycles. The van der Waals surface area contributed by atoms with Crippen LogP contribution in [0.3, 0.4) is 0 Å². The molecule has 3 aromatic carbocycles. The van der Waals surface area contributed by atoms with Gasteiger partial charge in [0.15, 0.2) is 0 Å². The van der Waals surface area contributed by atoms with Gasteiger partial charge in [-0.1, -0.05) is 54.1 Å². The molecule has 0 saturated heterocycles. The van der Waals surface area contributed by atoms with Crippen LogP contribution < -0.4 is 14.4 Å². The molecule has 0 aliphatic carbocycles. The van der Waals surface area contributed by atoms with Gasteiger partial charge in [0.25, 0.3) is 5.69 Å². The van der Waals surface area contributed by atoms with E-state index in [4.69, 9.17) is 16.3 Å². The molecule has 0 unspecified atom stereocenters. The number of nitrogens with zero attached hydrogens (tertiary/aromatic N) is 3. The minimum absolute atomic E-state index is 0.0141. The predicted octanol–water partition coefficient (Wildman–Crippen LogP) is 3.41. The predicted molar refractivity (Wildman–Crippen MR) is 152 cm³/mol. The SMILES string of the molecule is CNC(=O)[C@H](Cc1ccccc1)N(Cc1ccc(Cl)cc1)C(=O)CN(c1cc([N+](=O)[O-])ccc1OC)S(C)(=O)=O. The number of hydrogen-bond donors (Lipinski definition) is 1. The molecular weight excluding hydrogens is 560 g/mol. The third-order valence-corrected chi connectivity index (χ3v) is 7.48. The summed E-state index contributed by atoms with van der Waals surface area (Å²) in [6, 6.07) is 18.2. The van der Waals surface area contributed by atoms with Gasteiger partial charge in [-0.2, -0.15) is 0 Å². The number of non-ortho nitro benzene ring substituents is 1. The summed E-state index contributed by atoms with van der Waals surface area (Å²) in [5.74, 6) is -1.15. The summed E-state index contributed by atoms with van der Waals surface area (Å²) in [5, 5.41) is 14.5. The quantitative estimate of drug-likeness (QED) is 0.253. The van der Waals surface area contributed by atoms with Gasteiger partial charge in [0.1, 0.15) is 24.0 Å². The van der Waals surface area contributed by atoms with Gasteiger partial charge in [0.2, 0.25) is 21.8 Å². The Morgan fingerprint density at radius 2 is 1.70 bits per heavy atom. The molecule has 0 heterocycles. The Morgan fingerprint density at radius 3 is 2.25 bits per heavy atom. The lowest BCUT2D eigenvalue weighted by molar-refractivity contribution is -0.384. The van der Waals surface area contributed by atoms with Crippen molar-refractivity contribution in [2.75, 3.05) is 31.3 Å². The molecule has 0 radical (unpaired) electrons. The summed E-state index contributed by atoms with van der Waals surface area (Å²) in [7, 11) is -1.42. The van der Waals surface area contributed by atoms with Crippen LogP contribution in [0.25, 0.3) is 0 Å². The highest BCUT2D eigenvalue weighted by Gasteiger charge is 2.34. The number of sulfonamides is 1. The van der Waals surface area contributed by atoms with Crippen molar-refractivity contribution >= 4 is 44.8 Å². The van der Waals surface area contributed by atoms with Gasteiger partial charge in [-0.3, -0.25) is 24.0 Å². The Hall–Kier alpha value is -4.16. The van der Waals surface area contributed by atoms with E-state index in [1.807, 2.05) is 30.3 Å². The molecule has 0 fully saturated rings. The Kier molecular flexibility index (Phi) is 10.1. The number of nitrogens with one attached hydrogen (secondary N) is 1. The fourth-order valence-electron chi connectivity index (χ4n) is 4.09. The molecule has 0 spiro atoms. The minimum Gasteiger partial charge on any atom is -0.495 e. The first kappa shape index (κ1) is 30.4. The lowest BCUT2D eigenvalue weighted by Crippen LogP contribution is -2.52. The number of likely N-dealkylation sites (N-methyl/N-ethyl adjacent to an activating group) is 1. The highest BCUT2D eigenvalue weighted by atomic mass is 35.5. The summed E-state index contributed by atoms with van der Waals surface area (Å²) in [5.41, 5.74) is 0.865. The van der Waals surface area contributed by atoms with Crippen LogP contribution in [0.2, 0.25) is 5.02 Å². The number of rotatable bonds is 12. The van der Waals surface area contributed by atoms with Crippen LogP contribution in [0.5, 0.6) is 5.75 Å². The van der Waals surface area contributed by atoms with E-state index in [1.165, 1.54) is 31.2 Å². The van der Waals surface area contributed by atoms with Gasteiger partial charge < -0.3 is 15.0 Å². The topological polar surface area (TPSA) is 139 Å². The number of carbonyl (C=O) groups is 2. The van der Waals surface area contributed by atoms with Crippen LogP contribution >= 0.6 is 11.6 Å². The minimum atomic E-state index is -4.15. The fourth-order valence-corrected chi connectivity index (χ4v) is 5.06. The number of hydrogen-bond acceptors (Lipinski definition) is 7. The van der Waals surface area contributed by atoms with Crippen LogP contribution in [0.15, 0.2) is 72.8 Å². The van der Waals surface area contributed by atoms with Crippen LogP contribution in [0.1, 0.15) is 11.1 Å². The van der Waals surface area contributed by atoms with Gasteiger partial charge in [-0.05, 0) is 29.3 Å². The van der Waals surface area contributed by atoms with Crippen molar-refractivity contribution in [2.45, 2.75) is 19.0 Å². The molecule has 0 bridgehead atoms. The number of carbonyl (C=O) groups excluding carboxylic acids is 2. The molecular formula is C27H29ClN4O7S. The first-order valence-electron chi connectivity index (χ1n) is 12.0. The molecule has 3 rings (SSSR count). The van der Waals surface area contributed by atoms with E-state index < -0.39 is 39.3 Å². The standard InChI is InChI=1S/C27H29ClN4O7S/c1-29-27(34)24(15-19-7-5-4-6-8-19)30(17-20-9-11-21(28)12-10-20)26(33)18-31(40(3,37)38)23-16-22(32(35)36)13-14-25(23)39-2/h4-14,16,24H,15,17-18H2,1-3H3,(H,29,34)/t24-/m0/s1. The van der Waals surface area contributed by atoms with E-state index in [1.54, 1.807) is 24.3 Å². The van der Waals surface area contributed by atoms with Crippen molar-refractivity contribution in [3.63, 3.8) is 0 Å². The van der Waals surface area contributed by atoms with E-state index in [2.05, 4.69) is 5.32 Å². The first-order valence-corrected chi connectivity index (χ1v) is 14.3. The second-order valence-electron chi connectivity index (χ2n) is 8.85. The van der Waals surface area contributed by atoms with Crippen LogP contribution in [0, 0.1) is 10.1 Å². The number of nitro groups is 1. The second-order valence-corrected chi connectivity index (χ2v) is 11.2. The van der Waals surface area contributed by atoms with E-state index in [-0.39, 0.29) is 30.1 Å². The molecule has 40 heavy (non-hydrogen) atoms. The highest BCUT2D eigenvalue weighted by Crippen LogP contribution is 2.34. The zero-order valence-corrected chi connectivity index (χ0v) is 23.7. The van der Waals surface area contributed by atoms with Crippen molar-refractivity contribution in [2.24, 2.45) is 0 Å². The second kappa shape index (κ2) is 13.3. The summed E-state index contributed by atoms with van der Waals surface area (Å²) in [4.78, 5) is 39.1. The normalized spacial score (nSPS) is 11.8. The lowest BCUT2D eigenvalue weighted by Gasteiger charge is -2.33. The summed E-state index contributed by atoms with van der Waals surface area (Å²) >= 11 is 6.03. The molecule has 1 atom stereocenters. The molecule has 13 heteroatoms. The Labute approximate surface area is 237 Å². The Balaban J connectivity index is 2.09. The number of nitro benzene ring substituents is 1.